The second kappa shape index (κ2) is 5.55. The lowest BCUT2D eigenvalue weighted by molar-refractivity contribution is 0.0761. The highest BCUT2D eigenvalue weighted by Crippen LogP contribution is 2.41. The van der Waals surface area contributed by atoms with Crippen molar-refractivity contribution in [3.63, 3.8) is 0 Å². The third kappa shape index (κ3) is 2.95. The first-order chi connectivity index (χ1) is 8.96. The molecule has 1 heterocycles. The Hall–Kier alpha value is -1.00. The zero-order chi connectivity index (χ0) is 14.0. The molecular formula is C15H22N2OS. The van der Waals surface area contributed by atoms with Gasteiger partial charge in [-0.3, -0.25) is 0 Å². The van der Waals surface area contributed by atoms with Gasteiger partial charge in [-0.15, -0.1) is 0 Å². The second-order valence-corrected chi connectivity index (χ2v) is 6.28. The molecule has 0 aliphatic carbocycles. The van der Waals surface area contributed by atoms with Crippen LogP contribution in [0.25, 0.3) is 0 Å². The summed E-state index contributed by atoms with van der Waals surface area (Å²) < 4.78 is 0. The summed E-state index contributed by atoms with van der Waals surface area (Å²) in [5.41, 5.74) is 3.66. The molecule has 0 bridgehead atoms. The lowest BCUT2D eigenvalue weighted by Gasteiger charge is -2.37. The lowest BCUT2D eigenvalue weighted by atomic mass is 9.90. The molecule has 1 saturated heterocycles. The molecule has 1 aliphatic heterocycles. The fraction of sp³-hybridized carbons (Fsp3) is 0.533. The first-order valence-electron chi connectivity index (χ1n) is 6.62. The zero-order valence-corrected chi connectivity index (χ0v) is 12.9. The number of benzene rings is 1. The summed E-state index contributed by atoms with van der Waals surface area (Å²) in [6, 6.07) is 4.17. The highest BCUT2D eigenvalue weighted by Gasteiger charge is 2.38. The smallest absolute Gasteiger partial charge is 0.108 e. The summed E-state index contributed by atoms with van der Waals surface area (Å²) in [4.78, 5) is 6.56. The first-order valence-corrected chi connectivity index (χ1v) is 7.78. The molecule has 0 amide bonds. The van der Waals surface area contributed by atoms with Gasteiger partial charge < -0.3 is 10.0 Å². The third-order valence-electron chi connectivity index (χ3n) is 3.62. The second-order valence-electron chi connectivity index (χ2n) is 5.30. The van der Waals surface area contributed by atoms with Gasteiger partial charge >= 0.3 is 0 Å². The van der Waals surface area contributed by atoms with E-state index in [4.69, 9.17) is 0 Å². The van der Waals surface area contributed by atoms with E-state index >= 15 is 0 Å². The van der Waals surface area contributed by atoms with Crippen molar-refractivity contribution in [2.24, 2.45) is 4.99 Å². The molecule has 2 rings (SSSR count). The minimum atomic E-state index is -0.623. The number of nitrogens with zero attached hydrogens (tertiary/aromatic N) is 2. The van der Waals surface area contributed by atoms with Crippen LogP contribution in [-0.2, 0) is 5.60 Å². The van der Waals surface area contributed by atoms with Crippen molar-refractivity contribution in [2.45, 2.75) is 26.4 Å². The number of aliphatic hydroxyl groups is 1. The highest BCUT2D eigenvalue weighted by atomic mass is 32.2. The Bertz CT molecular complexity index is 495. The Balaban J connectivity index is 2.29. The Morgan fingerprint density at radius 3 is 2.58 bits per heavy atom. The molecule has 0 saturated carbocycles. The van der Waals surface area contributed by atoms with Crippen molar-refractivity contribution >= 4 is 23.8 Å². The number of hydrogen-bond acceptors (Lipinski definition) is 3. The van der Waals surface area contributed by atoms with Crippen LogP contribution in [0.5, 0.6) is 0 Å². The Morgan fingerprint density at radius 1 is 1.37 bits per heavy atom. The van der Waals surface area contributed by atoms with E-state index in [0.29, 0.717) is 0 Å². The van der Waals surface area contributed by atoms with Crippen LogP contribution in [-0.4, -0.2) is 41.4 Å². The maximum Gasteiger partial charge on any atom is 0.108 e. The number of rotatable bonds is 4. The Kier molecular flexibility index (Phi) is 4.21. The fourth-order valence-corrected chi connectivity index (χ4v) is 3.04. The molecule has 1 aromatic rings. The molecule has 0 unspecified atom stereocenters. The van der Waals surface area contributed by atoms with Gasteiger partial charge in [0.2, 0.25) is 0 Å². The maximum absolute atomic E-state index is 10.5. The number of aliphatic imine (C=N–C) groups is 1. The van der Waals surface area contributed by atoms with Gasteiger partial charge in [-0.1, -0.05) is 6.07 Å². The van der Waals surface area contributed by atoms with Crippen molar-refractivity contribution < 1.29 is 5.11 Å². The number of aryl methyl sites for hydroxylation is 2. The number of thioether (sulfide) groups is 1. The lowest BCUT2D eigenvalue weighted by Crippen LogP contribution is -2.40. The molecule has 104 valence electrons. The maximum atomic E-state index is 10.5. The molecular weight excluding hydrogens is 256 g/mol. The molecule has 1 fully saturated rings. The van der Waals surface area contributed by atoms with Gasteiger partial charge in [-0.2, -0.15) is 11.8 Å². The average Bonchev–Trinajstić information content (AvgIpc) is 2.36. The monoisotopic (exact) mass is 278 g/mol. The van der Waals surface area contributed by atoms with Gasteiger partial charge in [-0.05, 0) is 43.5 Å². The summed E-state index contributed by atoms with van der Waals surface area (Å²) >= 11 is 1.79. The zero-order valence-electron chi connectivity index (χ0n) is 12.1. The summed E-state index contributed by atoms with van der Waals surface area (Å²) in [6.45, 7) is 7.14. The molecule has 0 spiro atoms. The van der Waals surface area contributed by atoms with Crippen molar-refractivity contribution in [3.05, 3.63) is 28.8 Å². The quantitative estimate of drug-likeness (QED) is 0.679. The first kappa shape index (κ1) is 14.4. The van der Waals surface area contributed by atoms with E-state index in [-0.39, 0.29) is 0 Å². The van der Waals surface area contributed by atoms with Gasteiger partial charge in [0.25, 0.3) is 0 Å². The van der Waals surface area contributed by atoms with E-state index in [1.54, 1.807) is 11.8 Å². The van der Waals surface area contributed by atoms with Crippen LogP contribution in [0.4, 0.5) is 5.69 Å². The van der Waals surface area contributed by atoms with Crippen molar-refractivity contribution in [1.82, 2.24) is 4.90 Å². The Labute approximate surface area is 119 Å². The van der Waals surface area contributed by atoms with Crippen LogP contribution in [0.15, 0.2) is 17.1 Å². The van der Waals surface area contributed by atoms with Gasteiger partial charge in [0.1, 0.15) is 5.60 Å². The highest BCUT2D eigenvalue weighted by molar-refractivity contribution is 8.00. The fourth-order valence-electron chi connectivity index (χ4n) is 2.13. The molecule has 1 N–H and O–H groups in total. The Morgan fingerprint density at radius 2 is 2.05 bits per heavy atom. The van der Waals surface area contributed by atoms with E-state index in [1.807, 2.05) is 18.3 Å². The van der Waals surface area contributed by atoms with Crippen molar-refractivity contribution in [3.8, 4) is 0 Å². The molecule has 3 nitrogen and oxygen atoms in total. The van der Waals surface area contributed by atoms with E-state index in [1.165, 1.54) is 0 Å². The third-order valence-corrected chi connectivity index (χ3v) is 4.98. The van der Waals surface area contributed by atoms with Gasteiger partial charge in [0.05, 0.1) is 12.0 Å². The summed E-state index contributed by atoms with van der Waals surface area (Å²) in [6.07, 6.45) is 1.86. The summed E-state index contributed by atoms with van der Waals surface area (Å²) in [7, 11) is 2.01. The normalized spacial score (nSPS) is 17.5. The average molecular weight is 278 g/mol. The predicted molar refractivity (Wildman–Crippen MR) is 83.6 cm³/mol. The minimum absolute atomic E-state index is 0.623. The largest absolute Gasteiger partial charge is 0.383 e. The van der Waals surface area contributed by atoms with Crippen LogP contribution in [0.1, 0.15) is 23.6 Å². The molecule has 1 aliphatic rings. The minimum Gasteiger partial charge on any atom is -0.383 e. The van der Waals surface area contributed by atoms with E-state index in [0.717, 1.165) is 40.4 Å². The standard InChI is InChI=1S/C15H22N2OS/c1-5-17(4)10-16-14-7-11(2)13(6-12(14)3)15(18)8-19-9-15/h6-7,10,18H,5,8-9H2,1-4H3. The molecule has 0 atom stereocenters. The van der Waals surface area contributed by atoms with E-state index < -0.39 is 5.60 Å². The summed E-state index contributed by atoms with van der Waals surface area (Å²) in [5, 5.41) is 10.5. The molecule has 4 heteroatoms. The van der Waals surface area contributed by atoms with Crippen molar-refractivity contribution in [2.75, 3.05) is 25.1 Å². The van der Waals surface area contributed by atoms with Crippen molar-refractivity contribution in [1.29, 1.82) is 0 Å². The topological polar surface area (TPSA) is 35.8 Å². The summed E-state index contributed by atoms with van der Waals surface area (Å²) in [5.74, 6) is 1.60. The SMILES string of the molecule is CCN(C)C=Nc1cc(C)c(C2(O)CSC2)cc1C. The van der Waals surface area contributed by atoms with Gasteiger partial charge in [-0.25, -0.2) is 4.99 Å². The van der Waals surface area contributed by atoms with E-state index in [9.17, 15) is 5.11 Å². The van der Waals surface area contributed by atoms with Crippen LogP contribution in [0.3, 0.4) is 0 Å². The van der Waals surface area contributed by atoms with Gasteiger partial charge in [0, 0.05) is 25.1 Å². The van der Waals surface area contributed by atoms with Crippen LogP contribution < -0.4 is 0 Å². The van der Waals surface area contributed by atoms with Crippen LogP contribution in [0, 0.1) is 13.8 Å². The number of hydrogen-bond donors (Lipinski definition) is 1. The van der Waals surface area contributed by atoms with Gasteiger partial charge in [0.15, 0.2) is 0 Å². The molecule has 1 aromatic carbocycles. The van der Waals surface area contributed by atoms with E-state index in [2.05, 4.69) is 37.9 Å². The molecule has 0 radical (unpaired) electrons. The van der Waals surface area contributed by atoms with Crippen LogP contribution >= 0.6 is 11.8 Å². The molecule has 19 heavy (non-hydrogen) atoms. The molecule has 0 aromatic heterocycles. The van der Waals surface area contributed by atoms with Crippen LogP contribution in [0.2, 0.25) is 0 Å². The predicted octanol–water partition coefficient (Wildman–Crippen LogP) is 2.85.